The number of nitrogens with zero attached hydrogens (tertiary/aromatic N) is 3. The number of carbonyl (C=O) groups is 1. The van der Waals surface area contributed by atoms with E-state index in [0.29, 0.717) is 18.7 Å². The molecule has 1 aliphatic heterocycles. The minimum Gasteiger partial charge on any atom is -0.334 e. The fourth-order valence-corrected chi connectivity index (χ4v) is 2.96. The summed E-state index contributed by atoms with van der Waals surface area (Å²) in [6.45, 7) is 3.43. The largest absolute Gasteiger partial charge is 0.334 e. The highest BCUT2D eigenvalue weighted by Crippen LogP contribution is 2.18. The van der Waals surface area contributed by atoms with Gasteiger partial charge >= 0.3 is 6.03 Å². The first-order valence-electron chi connectivity index (χ1n) is 7.82. The molecule has 2 aromatic rings. The van der Waals surface area contributed by atoms with Crippen molar-refractivity contribution in [2.24, 2.45) is 7.05 Å². The molecule has 0 atom stereocenters. The summed E-state index contributed by atoms with van der Waals surface area (Å²) in [6.07, 6.45) is 3.70. The molecule has 0 aliphatic carbocycles. The van der Waals surface area contributed by atoms with Crippen LogP contribution in [0.3, 0.4) is 0 Å². The van der Waals surface area contributed by atoms with Crippen molar-refractivity contribution in [1.82, 2.24) is 20.0 Å². The summed E-state index contributed by atoms with van der Waals surface area (Å²) in [6, 6.07) is 4.80. The van der Waals surface area contributed by atoms with Gasteiger partial charge in [-0.05, 0) is 37.0 Å². The average molecular weight is 316 g/mol. The van der Waals surface area contributed by atoms with Crippen LogP contribution in [0.2, 0.25) is 0 Å². The fraction of sp³-hybridized carbons (Fsp3) is 0.412. The van der Waals surface area contributed by atoms with Gasteiger partial charge in [0.15, 0.2) is 0 Å². The molecule has 1 aliphatic rings. The second kappa shape index (κ2) is 6.40. The van der Waals surface area contributed by atoms with Gasteiger partial charge in [0.2, 0.25) is 0 Å². The molecule has 5 nitrogen and oxygen atoms in total. The maximum atomic E-state index is 13.3. The SMILES string of the molecule is Cc1cc(CNC(=O)N2CCCc3c(cnn3C)C2)ccc1F. The predicted octanol–water partition coefficient (Wildman–Crippen LogP) is 2.53. The molecule has 0 saturated carbocycles. The first-order chi connectivity index (χ1) is 11.0. The highest BCUT2D eigenvalue weighted by atomic mass is 19.1. The van der Waals surface area contributed by atoms with Gasteiger partial charge in [0.1, 0.15) is 5.82 Å². The number of fused-ring (bicyclic) bond motifs is 1. The van der Waals surface area contributed by atoms with Crippen molar-refractivity contribution in [1.29, 1.82) is 0 Å². The van der Waals surface area contributed by atoms with Crippen molar-refractivity contribution in [2.45, 2.75) is 32.9 Å². The van der Waals surface area contributed by atoms with Crippen LogP contribution in [0.15, 0.2) is 24.4 Å². The van der Waals surface area contributed by atoms with Gasteiger partial charge in [0, 0.05) is 31.4 Å². The molecular weight excluding hydrogens is 295 g/mol. The Balaban J connectivity index is 1.63. The normalized spacial score (nSPS) is 14.3. The lowest BCUT2D eigenvalue weighted by atomic mass is 10.1. The number of rotatable bonds is 2. The zero-order valence-corrected chi connectivity index (χ0v) is 13.5. The van der Waals surface area contributed by atoms with Crippen LogP contribution in [0.25, 0.3) is 0 Å². The van der Waals surface area contributed by atoms with E-state index in [1.54, 1.807) is 19.1 Å². The van der Waals surface area contributed by atoms with E-state index >= 15 is 0 Å². The fourth-order valence-electron chi connectivity index (χ4n) is 2.96. The molecular formula is C17H21FN4O. The van der Waals surface area contributed by atoms with Crippen molar-refractivity contribution in [3.8, 4) is 0 Å². The van der Waals surface area contributed by atoms with Crippen LogP contribution in [0.5, 0.6) is 0 Å². The Kier molecular flexibility index (Phi) is 4.32. The first kappa shape index (κ1) is 15.5. The monoisotopic (exact) mass is 316 g/mol. The van der Waals surface area contributed by atoms with E-state index in [2.05, 4.69) is 10.4 Å². The number of carbonyl (C=O) groups excluding carboxylic acids is 1. The summed E-state index contributed by atoms with van der Waals surface area (Å²) in [5.41, 5.74) is 3.80. The Morgan fingerprint density at radius 1 is 1.43 bits per heavy atom. The molecule has 0 spiro atoms. The standard InChI is InChI=1S/C17H21FN4O/c1-12-8-13(5-6-15(12)18)9-19-17(23)22-7-3-4-16-14(11-22)10-20-21(16)2/h5-6,8,10H,3-4,7,9,11H2,1-2H3,(H,19,23). The van der Waals surface area contributed by atoms with E-state index < -0.39 is 0 Å². The van der Waals surface area contributed by atoms with Crippen molar-refractivity contribution in [2.75, 3.05) is 6.54 Å². The van der Waals surface area contributed by atoms with Gasteiger partial charge in [-0.3, -0.25) is 4.68 Å². The Labute approximate surface area is 135 Å². The number of halogens is 1. The summed E-state index contributed by atoms with van der Waals surface area (Å²) in [7, 11) is 1.94. The number of amides is 2. The third kappa shape index (κ3) is 3.36. The Hall–Kier alpha value is -2.37. The highest BCUT2D eigenvalue weighted by Gasteiger charge is 2.21. The number of hydrogen-bond acceptors (Lipinski definition) is 2. The average Bonchev–Trinajstić information content (AvgIpc) is 2.75. The van der Waals surface area contributed by atoms with E-state index in [1.807, 2.05) is 22.8 Å². The van der Waals surface area contributed by atoms with Crippen LogP contribution in [0.4, 0.5) is 9.18 Å². The van der Waals surface area contributed by atoms with Gasteiger partial charge in [-0.25, -0.2) is 9.18 Å². The zero-order chi connectivity index (χ0) is 16.4. The molecule has 23 heavy (non-hydrogen) atoms. The molecule has 0 saturated heterocycles. The maximum absolute atomic E-state index is 13.3. The molecule has 1 aromatic carbocycles. The van der Waals surface area contributed by atoms with Gasteiger partial charge in [-0.2, -0.15) is 5.10 Å². The van der Waals surface area contributed by atoms with Gasteiger partial charge in [0.25, 0.3) is 0 Å². The third-order valence-corrected chi connectivity index (χ3v) is 4.30. The highest BCUT2D eigenvalue weighted by molar-refractivity contribution is 5.74. The van der Waals surface area contributed by atoms with E-state index in [4.69, 9.17) is 0 Å². The summed E-state index contributed by atoms with van der Waals surface area (Å²) >= 11 is 0. The number of hydrogen-bond donors (Lipinski definition) is 1. The lowest BCUT2D eigenvalue weighted by molar-refractivity contribution is 0.195. The zero-order valence-electron chi connectivity index (χ0n) is 13.5. The molecule has 1 N–H and O–H groups in total. The molecule has 6 heteroatoms. The minimum absolute atomic E-state index is 0.0938. The van der Waals surface area contributed by atoms with E-state index in [-0.39, 0.29) is 11.8 Å². The van der Waals surface area contributed by atoms with E-state index in [9.17, 15) is 9.18 Å². The van der Waals surface area contributed by atoms with Gasteiger partial charge in [-0.1, -0.05) is 12.1 Å². The van der Waals surface area contributed by atoms with Crippen LogP contribution >= 0.6 is 0 Å². The van der Waals surface area contributed by atoms with Crippen LogP contribution in [-0.4, -0.2) is 27.3 Å². The van der Waals surface area contributed by atoms with Crippen molar-refractivity contribution < 1.29 is 9.18 Å². The molecule has 122 valence electrons. The molecule has 0 bridgehead atoms. The quantitative estimate of drug-likeness (QED) is 0.925. The lowest BCUT2D eigenvalue weighted by Gasteiger charge is -2.21. The predicted molar refractivity (Wildman–Crippen MR) is 85.3 cm³/mol. The number of benzene rings is 1. The number of urea groups is 1. The Morgan fingerprint density at radius 2 is 2.26 bits per heavy atom. The first-order valence-corrected chi connectivity index (χ1v) is 7.82. The topological polar surface area (TPSA) is 50.2 Å². The van der Waals surface area contributed by atoms with Gasteiger partial charge in [-0.15, -0.1) is 0 Å². The summed E-state index contributed by atoms with van der Waals surface area (Å²) in [4.78, 5) is 14.2. The molecule has 2 heterocycles. The van der Waals surface area contributed by atoms with Gasteiger partial charge in [0.05, 0.1) is 12.7 Å². The maximum Gasteiger partial charge on any atom is 0.317 e. The van der Waals surface area contributed by atoms with Crippen LogP contribution in [0.1, 0.15) is 28.8 Å². The second-order valence-electron chi connectivity index (χ2n) is 6.01. The summed E-state index contributed by atoms with van der Waals surface area (Å²) in [5, 5.41) is 7.19. The Morgan fingerprint density at radius 3 is 3.04 bits per heavy atom. The van der Waals surface area contributed by atoms with Crippen LogP contribution in [0, 0.1) is 12.7 Å². The van der Waals surface area contributed by atoms with Crippen LogP contribution < -0.4 is 5.32 Å². The Bertz CT molecular complexity index is 725. The third-order valence-electron chi connectivity index (χ3n) is 4.30. The van der Waals surface area contributed by atoms with Crippen LogP contribution in [-0.2, 0) is 26.6 Å². The summed E-state index contributed by atoms with van der Waals surface area (Å²) < 4.78 is 15.2. The number of aryl methyl sites for hydroxylation is 2. The molecule has 1 aromatic heterocycles. The molecule has 0 fully saturated rings. The van der Waals surface area contributed by atoms with Crippen molar-refractivity contribution in [3.05, 3.63) is 52.6 Å². The number of aromatic nitrogens is 2. The van der Waals surface area contributed by atoms with E-state index in [0.717, 1.165) is 30.5 Å². The second-order valence-corrected chi connectivity index (χ2v) is 6.01. The van der Waals surface area contributed by atoms with Gasteiger partial charge < -0.3 is 10.2 Å². The molecule has 0 radical (unpaired) electrons. The molecule has 0 unspecified atom stereocenters. The summed E-state index contributed by atoms with van der Waals surface area (Å²) in [5.74, 6) is -0.225. The lowest BCUT2D eigenvalue weighted by Crippen LogP contribution is -2.39. The molecule has 3 rings (SSSR count). The smallest absolute Gasteiger partial charge is 0.317 e. The minimum atomic E-state index is -0.225. The number of nitrogens with one attached hydrogen (secondary N) is 1. The van der Waals surface area contributed by atoms with Crippen molar-refractivity contribution in [3.63, 3.8) is 0 Å². The van der Waals surface area contributed by atoms with Crippen molar-refractivity contribution >= 4 is 6.03 Å². The van der Waals surface area contributed by atoms with E-state index in [1.165, 1.54) is 11.8 Å². The molecule has 2 amide bonds.